The normalized spacial score (nSPS) is 18.2. The van der Waals surface area contributed by atoms with E-state index in [1.54, 1.807) is 4.90 Å². The van der Waals surface area contributed by atoms with Crippen LogP contribution in [-0.4, -0.2) is 66.0 Å². The number of carbonyl (C=O) groups excluding carboxylic acids is 2. The summed E-state index contributed by atoms with van der Waals surface area (Å²) in [4.78, 5) is 30.5. The Labute approximate surface area is 153 Å². The van der Waals surface area contributed by atoms with E-state index in [0.717, 1.165) is 37.9 Å². The summed E-state index contributed by atoms with van der Waals surface area (Å²) < 4.78 is 0. The van der Waals surface area contributed by atoms with Gasteiger partial charge in [0.2, 0.25) is 0 Å². The van der Waals surface area contributed by atoms with Crippen molar-refractivity contribution in [1.82, 2.24) is 20.0 Å². The van der Waals surface area contributed by atoms with Crippen molar-refractivity contribution in [3.8, 4) is 0 Å². The maximum absolute atomic E-state index is 12.5. The van der Waals surface area contributed by atoms with Gasteiger partial charge in [-0.3, -0.25) is 0 Å². The van der Waals surface area contributed by atoms with Gasteiger partial charge in [0.1, 0.15) is 0 Å². The second kappa shape index (κ2) is 8.43. The minimum atomic E-state index is -0.101. The van der Waals surface area contributed by atoms with Crippen LogP contribution in [0, 0.1) is 0 Å². The monoisotopic (exact) mass is 364 g/mol. The lowest BCUT2D eigenvalue weighted by atomic mass is 10.2. The SMILES string of the molecule is O=C(NCc1ccccc1Cl)N1CCCN(C(=O)N2CCCC2)CC1. The van der Waals surface area contributed by atoms with Gasteiger partial charge in [0.05, 0.1) is 0 Å². The van der Waals surface area contributed by atoms with E-state index in [4.69, 9.17) is 11.6 Å². The van der Waals surface area contributed by atoms with Crippen molar-refractivity contribution in [2.24, 2.45) is 0 Å². The van der Waals surface area contributed by atoms with E-state index in [0.29, 0.717) is 37.7 Å². The van der Waals surface area contributed by atoms with Gasteiger partial charge in [0, 0.05) is 50.8 Å². The Balaban J connectivity index is 1.49. The van der Waals surface area contributed by atoms with E-state index in [1.807, 2.05) is 34.1 Å². The molecule has 4 amide bonds. The third-order valence-electron chi connectivity index (χ3n) is 4.82. The number of nitrogens with zero attached hydrogens (tertiary/aromatic N) is 3. The number of likely N-dealkylation sites (tertiary alicyclic amines) is 1. The molecule has 0 bridgehead atoms. The number of hydrogen-bond donors (Lipinski definition) is 1. The smallest absolute Gasteiger partial charge is 0.320 e. The predicted octanol–water partition coefficient (Wildman–Crippen LogP) is 2.77. The van der Waals surface area contributed by atoms with Crippen LogP contribution in [0.2, 0.25) is 5.02 Å². The van der Waals surface area contributed by atoms with E-state index >= 15 is 0 Å². The van der Waals surface area contributed by atoms with Crippen molar-refractivity contribution in [2.75, 3.05) is 39.3 Å². The van der Waals surface area contributed by atoms with Gasteiger partial charge in [-0.2, -0.15) is 0 Å². The molecule has 0 aromatic heterocycles. The van der Waals surface area contributed by atoms with Crippen LogP contribution in [0.1, 0.15) is 24.8 Å². The summed E-state index contributed by atoms with van der Waals surface area (Å²) in [6.07, 6.45) is 2.99. The van der Waals surface area contributed by atoms with Crippen LogP contribution in [0.25, 0.3) is 0 Å². The number of urea groups is 2. The average Bonchev–Trinajstić information content (AvgIpc) is 3.04. The van der Waals surface area contributed by atoms with Gasteiger partial charge >= 0.3 is 12.1 Å². The zero-order valence-corrected chi connectivity index (χ0v) is 15.2. The average molecular weight is 365 g/mol. The number of halogens is 1. The fourth-order valence-electron chi connectivity index (χ4n) is 3.34. The number of hydrogen-bond acceptors (Lipinski definition) is 2. The molecule has 1 aromatic carbocycles. The topological polar surface area (TPSA) is 55.9 Å². The molecule has 1 N–H and O–H groups in total. The zero-order valence-electron chi connectivity index (χ0n) is 14.4. The van der Waals surface area contributed by atoms with Crippen LogP contribution >= 0.6 is 11.6 Å². The highest BCUT2D eigenvalue weighted by atomic mass is 35.5. The first-order valence-corrected chi connectivity index (χ1v) is 9.33. The molecule has 2 saturated heterocycles. The van der Waals surface area contributed by atoms with Gasteiger partial charge in [-0.05, 0) is 30.9 Å². The molecule has 0 spiro atoms. The van der Waals surface area contributed by atoms with Gasteiger partial charge in [-0.15, -0.1) is 0 Å². The summed E-state index contributed by atoms with van der Waals surface area (Å²) in [5, 5.41) is 3.58. The van der Waals surface area contributed by atoms with Crippen LogP contribution < -0.4 is 5.32 Å². The molecular formula is C18H25ClN4O2. The van der Waals surface area contributed by atoms with Crippen molar-refractivity contribution >= 4 is 23.7 Å². The molecule has 25 heavy (non-hydrogen) atoms. The Kier molecular flexibility index (Phi) is 6.02. The fourth-order valence-corrected chi connectivity index (χ4v) is 3.55. The molecule has 2 aliphatic heterocycles. The van der Waals surface area contributed by atoms with Crippen LogP contribution in [0.3, 0.4) is 0 Å². The Morgan fingerprint density at radius 1 is 0.880 bits per heavy atom. The fraction of sp³-hybridized carbons (Fsp3) is 0.556. The van der Waals surface area contributed by atoms with E-state index in [2.05, 4.69) is 5.32 Å². The summed E-state index contributed by atoms with van der Waals surface area (Å²) in [6, 6.07) is 7.51. The third-order valence-corrected chi connectivity index (χ3v) is 5.19. The second-order valence-corrected chi connectivity index (χ2v) is 6.96. The van der Waals surface area contributed by atoms with Gasteiger partial charge in [0.15, 0.2) is 0 Å². The summed E-state index contributed by atoms with van der Waals surface area (Å²) in [6.45, 7) is 4.66. The van der Waals surface area contributed by atoms with Crippen molar-refractivity contribution in [2.45, 2.75) is 25.8 Å². The van der Waals surface area contributed by atoms with E-state index in [9.17, 15) is 9.59 Å². The van der Waals surface area contributed by atoms with Crippen LogP contribution in [0.15, 0.2) is 24.3 Å². The van der Waals surface area contributed by atoms with Crippen molar-refractivity contribution in [3.05, 3.63) is 34.9 Å². The lowest BCUT2D eigenvalue weighted by Gasteiger charge is -2.27. The Morgan fingerprint density at radius 3 is 2.24 bits per heavy atom. The first-order chi connectivity index (χ1) is 12.1. The Morgan fingerprint density at radius 2 is 1.48 bits per heavy atom. The van der Waals surface area contributed by atoms with Crippen LogP contribution in [-0.2, 0) is 6.54 Å². The predicted molar refractivity (Wildman–Crippen MR) is 97.7 cm³/mol. The Bertz CT molecular complexity index is 619. The first-order valence-electron chi connectivity index (χ1n) is 8.95. The number of amides is 4. The van der Waals surface area contributed by atoms with Gasteiger partial charge < -0.3 is 20.0 Å². The molecule has 0 atom stereocenters. The molecule has 3 rings (SSSR count). The molecule has 2 heterocycles. The van der Waals surface area contributed by atoms with Crippen molar-refractivity contribution < 1.29 is 9.59 Å². The quantitative estimate of drug-likeness (QED) is 0.877. The largest absolute Gasteiger partial charge is 0.334 e. The second-order valence-electron chi connectivity index (χ2n) is 6.55. The molecule has 2 fully saturated rings. The highest BCUT2D eigenvalue weighted by Crippen LogP contribution is 2.15. The van der Waals surface area contributed by atoms with Gasteiger partial charge in [-0.25, -0.2) is 9.59 Å². The minimum Gasteiger partial charge on any atom is -0.334 e. The number of carbonyl (C=O) groups is 2. The van der Waals surface area contributed by atoms with Crippen molar-refractivity contribution in [1.29, 1.82) is 0 Å². The molecule has 7 heteroatoms. The standard InChI is InChI=1S/C18H25ClN4O2/c19-16-7-2-1-6-15(16)14-20-17(24)21-10-5-11-23(13-12-21)18(25)22-8-3-4-9-22/h1-2,6-7H,3-5,8-14H2,(H,20,24). The maximum atomic E-state index is 12.5. The summed E-state index contributed by atoms with van der Waals surface area (Å²) in [7, 11) is 0. The Hall–Kier alpha value is -1.95. The first kappa shape index (κ1) is 17.9. The van der Waals surface area contributed by atoms with Gasteiger partial charge in [0.25, 0.3) is 0 Å². The summed E-state index contributed by atoms with van der Waals surface area (Å²) in [5.41, 5.74) is 0.901. The minimum absolute atomic E-state index is 0.101. The van der Waals surface area contributed by atoms with E-state index in [-0.39, 0.29) is 12.1 Å². The molecule has 6 nitrogen and oxygen atoms in total. The lowest BCUT2D eigenvalue weighted by Crippen LogP contribution is -2.45. The van der Waals surface area contributed by atoms with E-state index in [1.165, 1.54) is 0 Å². The molecule has 0 radical (unpaired) electrons. The number of rotatable bonds is 2. The van der Waals surface area contributed by atoms with E-state index < -0.39 is 0 Å². The molecular weight excluding hydrogens is 340 g/mol. The molecule has 1 aromatic rings. The lowest BCUT2D eigenvalue weighted by molar-refractivity contribution is 0.163. The molecule has 0 unspecified atom stereocenters. The van der Waals surface area contributed by atoms with Crippen LogP contribution in [0.4, 0.5) is 9.59 Å². The summed E-state index contributed by atoms with van der Waals surface area (Å²) in [5.74, 6) is 0. The number of benzene rings is 1. The highest BCUT2D eigenvalue weighted by molar-refractivity contribution is 6.31. The summed E-state index contributed by atoms with van der Waals surface area (Å²) >= 11 is 6.12. The third kappa shape index (κ3) is 4.57. The number of nitrogens with one attached hydrogen (secondary N) is 1. The van der Waals surface area contributed by atoms with Crippen molar-refractivity contribution in [3.63, 3.8) is 0 Å². The molecule has 136 valence electrons. The molecule has 2 aliphatic rings. The molecule has 0 saturated carbocycles. The van der Waals surface area contributed by atoms with Crippen LogP contribution in [0.5, 0.6) is 0 Å². The highest BCUT2D eigenvalue weighted by Gasteiger charge is 2.26. The maximum Gasteiger partial charge on any atom is 0.320 e. The zero-order chi connectivity index (χ0) is 17.6. The van der Waals surface area contributed by atoms with Gasteiger partial charge in [-0.1, -0.05) is 29.8 Å². The molecule has 0 aliphatic carbocycles.